The van der Waals surface area contributed by atoms with Crippen LogP contribution in [0.2, 0.25) is 0 Å². The second kappa shape index (κ2) is 5.25. The van der Waals surface area contributed by atoms with Crippen LogP contribution in [0.4, 0.5) is 0 Å². The monoisotopic (exact) mass is 211 g/mol. The van der Waals surface area contributed by atoms with E-state index in [9.17, 15) is 4.79 Å². The molecule has 0 aliphatic rings. The van der Waals surface area contributed by atoms with Gasteiger partial charge in [0.15, 0.2) is 0 Å². The van der Waals surface area contributed by atoms with Crippen LogP contribution >= 0.6 is 11.3 Å². The molecule has 0 fully saturated rings. The smallest absolute Gasteiger partial charge is 0.135 e. The lowest BCUT2D eigenvalue weighted by Gasteiger charge is -2.07. The first kappa shape index (κ1) is 11.4. The minimum absolute atomic E-state index is 0.196. The predicted octanol–water partition coefficient (Wildman–Crippen LogP) is 3.00. The van der Waals surface area contributed by atoms with Crippen LogP contribution in [0.3, 0.4) is 0 Å². The number of Topliss-reactive ketones (excluding diaryl/α,β-unsaturated/α-hetero) is 1. The van der Waals surface area contributed by atoms with Crippen molar-refractivity contribution in [2.75, 3.05) is 0 Å². The third kappa shape index (κ3) is 2.91. The molecule has 1 aromatic heterocycles. The van der Waals surface area contributed by atoms with Crippen molar-refractivity contribution >= 4 is 17.1 Å². The maximum Gasteiger partial charge on any atom is 0.135 e. The Morgan fingerprint density at radius 3 is 2.86 bits per heavy atom. The first-order valence-corrected chi connectivity index (χ1v) is 5.94. The summed E-state index contributed by atoms with van der Waals surface area (Å²) >= 11 is 1.69. The summed E-state index contributed by atoms with van der Waals surface area (Å²) in [4.78, 5) is 16.9. The highest BCUT2D eigenvalue weighted by Gasteiger charge is 2.11. The van der Waals surface area contributed by atoms with Crippen molar-refractivity contribution in [3.8, 4) is 0 Å². The van der Waals surface area contributed by atoms with Gasteiger partial charge in [-0.1, -0.05) is 13.8 Å². The van der Waals surface area contributed by atoms with Gasteiger partial charge in [-0.25, -0.2) is 4.98 Å². The number of aryl methyl sites for hydroxylation is 2. The fourth-order valence-electron chi connectivity index (χ4n) is 1.42. The van der Waals surface area contributed by atoms with Gasteiger partial charge in [-0.2, -0.15) is 0 Å². The second-order valence-electron chi connectivity index (χ2n) is 3.62. The van der Waals surface area contributed by atoms with Gasteiger partial charge >= 0.3 is 0 Å². The van der Waals surface area contributed by atoms with Gasteiger partial charge in [0.1, 0.15) is 5.78 Å². The largest absolute Gasteiger partial charge is 0.299 e. The molecule has 0 spiro atoms. The number of carbonyl (C=O) groups excluding carboxylic acids is 1. The molecule has 0 aliphatic carbocycles. The molecule has 0 aromatic carbocycles. The lowest BCUT2D eigenvalue weighted by atomic mass is 9.98. The molecule has 0 aliphatic heterocycles. The summed E-state index contributed by atoms with van der Waals surface area (Å²) in [5, 5.41) is 0. The number of aromatic nitrogens is 1. The summed E-state index contributed by atoms with van der Waals surface area (Å²) in [7, 11) is 0. The normalized spacial score (nSPS) is 12.8. The van der Waals surface area contributed by atoms with E-state index in [2.05, 4.69) is 4.98 Å². The zero-order chi connectivity index (χ0) is 10.6. The van der Waals surface area contributed by atoms with E-state index in [0.29, 0.717) is 12.2 Å². The second-order valence-corrected chi connectivity index (χ2v) is 4.56. The van der Waals surface area contributed by atoms with Crippen LogP contribution in [0.1, 0.15) is 37.3 Å². The molecule has 78 valence electrons. The van der Waals surface area contributed by atoms with Crippen molar-refractivity contribution < 1.29 is 4.79 Å². The number of ketones is 1. The van der Waals surface area contributed by atoms with Gasteiger partial charge < -0.3 is 0 Å². The molecule has 0 bridgehead atoms. The van der Waals surface area contributed by atoms with E-state index in [0.717, 1.165) is 18.5 Å². The molecule has 1 aromatic rings. The van der Waals surface area contributed by atoms with Gasteiger partial charge in [-0.3, -0.25) is 4.79 Å². The quantitative estimate of drug-likeness (QED) is 0.749. The van der Waals surface area contributed by atoms with Crippen molar-refractivity contribution in [3.63, 3.8) is 0 Å². The number of thiazole rings is 1. The number of hydrogen-bond acceptors (Lipinski definition) is 3. The van der Waals surface area contributed by atoms with Gasteiger partial charge in [0.25, 0.3) is 0 Å². The van der Waals surface area contributed by atoms with Crippen LogP contribution in [-0.4, -0.2) is 10.8 Å². The van der Waals surface area contributed by atoms with Crippen molar-refractivity contribution in [1.82, 2.24) is 4.98 Å². The van der Waals surface area contributed by atoms with Gasteiger partial charge in [0, 0.05) is 17.2 Å². The summed E-state index contributed by atoms with van der Waals surface area (Å²) in [5.41, 5.74) is 2.99. The molecule has 1 rings (SSSR count). The standard InChI is InChI=1S/C11H17NOS/c1-4-10(13)8(2)5-6-11-9(3)12-7-14-11/h7-8H,4-6H2,1-3H3. The highest BCUT2D eigenvalue weighted by atomic mass is 32.1. The fraction of sp³-hybridized carbons (Fsp3) is 0.636. The Morgan fingerprint density at radius 2 is 2.36 bits per heavy atom. The average molecular weight is 211 g/mol. The van der Waals surface area contributed by atoms with E-state index < -0.39 is 0 Å². The maximum absolute atomic E-state index is 11.3. The molecule has 1 unspecified atom stereocenters. The Labute approximate surface area is 89.4 Å². The van der Waals surface area contributed by atoms with Gasteiger partial charge in [-0.05, 0) is 19.8 Å². The van der Waals surface area contributed by atoms with Crippen molar-refractivity contribution in [2.45, 2.75) is 40.0 Å². The van der Waals surface area contributed by atoms with Crippen molar-refractivity contribution in [2.24, 2.45) is 5.92 Å². The third-order valence-electron chi connectivity index (χ3n) is 2.55. The van der Waals surface area contributed by atoms with E-state index >= 15 is 0 Å². The first-order valence-electron chi connectivity index (χ1n) is 5.06. The summed E-state index contributed by atoms with van der Waals surface area (Å²) in [5.74, 6) is 0.564. The molecule has 1 atom stereocenters. The minimum Gasteiger partial charge on any atom is -0.299 e. The molecule has 0 saturated heterocycles. The summed E-state index contributed by atoms with van der Waals surface area (Å²) in [6.07, 6.45) is 2.60. The Balaban J connectivity index is 2.41. The maximum atomic E-state index is 11.3. The Kier molecular flexibility index (Phi) is 4.26. The van der Waals surface area contributed by atoms with Crippen LogP contribution in [0.5, 0.6) is 0 Å². The Morgan fingerprint density at radius 1 is 1.64 bits per heavy atom. The molecule has 0 N–H and O–H groups in total. The third-order valence-corrected chi connectivity index (χ3v) is 3.54. The Hall–Kier alpha value is -0.700. The predicted molar refractivity (Wildman–Crippen MR) is 59.6 cm³/mol. The number of hydrogen-bond donors (Lipinski definition) is 0. The number of rotatable bonds is 5. The minimum atomic E-state index is 0.196. The zero-order valence-electron chi connectivity index (χ0n) is 9.04. The lowest BCUT2D eigenvalue weighted by molar-refractivity contribution is -0.122. The zero-order valence-corrected chi connectivity index (χ0v) is 9.86. The fourth-order valence-corrected chi connectivity index (χ4v) is 2.22. The molecule has 0 saturated carbocycles. The van der Waals surface area contributed by atoms with E-state index in [1.165, 1.54) is 4.88 Å². The molecule has 2 nitrogen and oxygen atoms in total. The van der Waals surface area contributed by atoms with E-state index in [-0.39, 0.29) is 5.92 Å². The molecule has 14 heavy (non-hydrogen) atoms. The summed E-state index contributed by atoms with van der Waals surface area (Å²) < 4.78 is 0. The number of nitrogens with zero attached hydrogens (tertiary/aromatic N) is 1. The van der Waals surface area contributed by atoms with E-state index in [4.69, 9.17) is 0 Å². The highest BCUT2D eigenvalue weighted by Crippen LogP contribution is 2.17. The van der Waals surface area contributed by atoms with Gasteiger partial charge in [0.05, 0.1) is 11.2 Å². The first-order chi connectivity index (χ1) is 6.65. The molecule has 0 amide bonds. The van der Waals surface area contributed by atoms with Crippen molar-refractivity contribution in [3.05, 3.63) is 16.1 Å². The Bertz CT molecular complexity index is 306. The topological polar surface area (TPSA) is 30.0 Å². The van der Waals surface area contributed by atoms with Gasteiger partial charge in [-0.15, -0.1) is 11.3 Å². The molecule has 1 heterocycles. The van der Waals surface area contributed by atoms with Crippen molar-refractivity contribution in [1.29, 1.82) is 0 Å². The molecular weight excluding hydrogens is 194 g/mol. The summed E-state index contributed by atoms with van der Waals surface area (Å²) in [6.45, 7) is 5.97. The molecular formula is C11H17NOS. The van der Waals surface area contributed by atoms with Gasteiger partial charge in [0.2, 0.25) is 0 Å². The SMILES string of the molecule is CCC(=O)C(C)CCc1scnc1C. The van der Waals surface area contributed by atoms with Crippen LogP contribution in [0, 0.1) is 12.8 Å². The van der Waals surface area contributed by atoms with Crippen LogP contribution in [0.25, 0.3) is 0 Å². The number of carbonyl (C=O) groups is 1. The lowest BCUT2D eigenvalue weighted by Crippen LogP contribution is -2.10. The molecule has 0 radical (unpaired) electrons. The molecule has 3 heteroatoms. The highest BCUT2D eigenvalue weighted by molar-refractivity contribution is 7.09. The van der Waals surface area contributed by atoms with Crippen LogP contribution in [-0.2, 0) is 11.2 Å². The summed E-state index contributed by atoms with van der Waals surface area (Å²) in [6, 6.07) is 0. The average Bonchev–Trinajstić information content (AvgIpc) is 2.59. The van der Waals surface area contributed by atoms with Crippen LogP contribution < -0.4 is 0 Å². The van der Waals surface area contributed by atoms with Crippen LogP contribution in [0.15, 0.2) is 5.51 Å². The van der Waals surface area contributed by atoms with E-state index in [1.54, 1.807) is 11.3 Å². The van der Waals surface area contributed by atoms with E-state index in [1.807, 2.05) is 26.3 Å².